The van der Waals surface area contributed by atoms with Gasteiger partial charge in [-0.25, -0.2) is 0 Å². The van der Waals surface area contributed by atoms with Crippen LogP contribution in [-0.4, -0.2) is 42.2 Å². The second kappa shape index (κ2) is 6.04. The van der Waals surface area contributed by atoms with Crippen molar-refractivity contribution < 1.29 is 5.11 Å². The van der Waals surface area contributed by atoms with E-state index in [1.54, 1.807) is 0 Å². The third kappa shape index (κ3) is 4.03. The minimum atomic E-state index is -0.806. The van der Waals surface area contributed by atoms with E-state index in [0.717, 1.165) is 18.2 Å². The topological polar surface area (TPSA) is 35.5 Å². The summed E-state index contributed by atoms with van der Waals surface area (Å²) >= 11 is 0. The van der Waals surface area contributed by atoms with Crippen LogP contribution in [0.1, 0.15) is 32.3 Å². The largest absolute Gasteiger partial charge is 0.384 e. The maximum Gasteiger partial charge on any atom is 0.0992 e. The van der Waals surface area contributed by atoms with E-state index in [1.807, 2.05) is 37.3 Å². The molecule has 2 N–H and O–H groups in total. The molecule has 0 aliphatic heterocycles. The average molecular weight is 262 g/mol. The molecule has 19 heavy (non-hydrogen) atoms. The van der Waals surface area contributed by atoms with Gasteiger partial charge in [0.1, 0.15) is 0 Å². The van der Waals surface area contributed by atoms with E-state index in [1.165, 1.54) is 12.8 Å². The van der Waals surface area contributed by atoms with Gasteiger partial charge in [0.15, 0.2) is 0 Å². The normalized spacial score (nSPS) is 20.3. The maximum atomic E-state index is 10.5. The summed E-state index contributed by atoms with van der Waals surface area (Å²) in [6.45, 7) is 5.60. The Bertz CT molecular complexity index is 387. The van der Waals surface area contributed by atoms with Gasteiger partial charge in [-0.1, -0.05) is 30.3 Å². The molecule has 0 heterocycles. The molecule has 2 rings (SSSR count). The van der Waals surface area contributed by atoms with E-state index in [4.69, 9.17) is 0 Å². The monoisotopic (exact) mass is 262 g/mol. The number of likely N-dealkylation sites (N-methyl/N-ethyl adjacent to an activating group) is 1. The summed E-state index contributed by atoms with van der Waals surface area (Å²) in [5, 5.41) is 13.9. The fraction of sp³-hybridized carbons (Fsp3) is 0.625. The summed E-state index contributed by atoms with van der Waals surface area (Å²) in [4.78, 5) is 2.43. The van der Waals surface area contributed by atoms with Crippen LogP contribution < -0.4 is 5.32 Å². The highest BCUT2D eigenvalue weighted by atomic mass is 16.3. The van der Waals surface area contributed by atoms with Crippen LogP contribution in [0.15, 0.2) is 30.3 Å². The molecule has 0 bridgehead atoms. The van der Waals surface area contributed by atoms with Crippen LogP contribution in [0.3, 0.4) is 0 Å². The van der Waals surface area contributed by atoms with Crippen molar-refractivity contribution in [3.63, 3.8) is 0 Å². The number of rotatable bonds is 7. The van der Waals surface area contributed by atoms with Crippen molar-refractivity contribution in [2.24, 2.45) is 0 Å². The molecule has 1 aliphatic rings. The fourth-order valence-electron chi connectivity index (χ4n) is 2.41. The molecular formula is C16H26N2O. The lowest BCUT2D eigenvalue weighted by Crippen LogP contribution is -2.43. The lowest BCUT2D eigenvalue weighted by atomic mass is 9.96. The van der Waals surface area contributed by atoms with Crippen LogP contribution in [-0.2, 0) is 5.60 Å². The lowest BCUT2D eigenvalue weighted by Gasteiger charge is -2.28. The van der Waals surface area contributed by atoms with Crippen molar-refractivity contribution in [1.29, 1.82) is 0 Å². The van der Waals surface area contributed by atoms with Gasteiger partial charge in [0.05, 0.1) is 5.60 Å². The number of hydrogen-bond donors (Lipinski definition) is 2. The van der Waals surface area contributed by atoms with Crippen molar-refractivity contribution in [2.45, 2.75) is 44.4 Å². The molecule has 0 saturated heterocycles. The molecule has 3 heteroatoms. The molecule has 1 aromatic rings. The molecule has 3 nitrogen and oxygen atoms in total. The minimum absolute atomic E-state index is 0.513. The molecule has 0 aromatic heterocycles. The predicted molar refractivity (Wildman–Crippen MR) is 79.1 cm³/mol. The van der Waals surface area contributed by atoms with Crippen molar-refractivity contribution in [1.82, 2.24) is 10.2 Å². The molecule has 0 radical (unpaired) electrons. The standard InChI is InChI=1S/C16H26N2O/c1-13(18(3)15-9-10-15)11-17-12-16(2,19)14-7-5-4-6-8-14/h4-8,13,15,17,19H,9-12H2,1-3H3. The molecule has 2 unspecified atom stereocenters. The van der Waals surface area contributed by atoms with E-state index >= 15 is 0 Å². The van der Waals surface area contributed by atoms with Gasteiger partial charge in [-0.05, 0) is 39.3 Å². The molecule has 1 aliphatic carbocycles. The molecule has 1 saturated carbocycles. The molecule has 2 atom stereocenters. The summed E-state index contributed by atoms with van der Waals surface area (Å²) in [6, 6.07) is 11.1. The van der Waals surface area contributed by atoms with Crippen molar-refractivity contribution >= 4 is 0 Å². The van der Waals surface area contributed by atoms with Gasteiger partial charge in [0, 0.05) is 25.2 Å². The van der Waals surface area contributed by atoms with Crippen molar-refractivity contribution in [3.05, 3.63) is 35.9 Å². The van der Waals surface area contributed by atoms with Gasteiger partial charge in [-0.2, -0.15) is 0 Å². The summed E-state index contributed by atoms with van der Waals surface area (Å²) in [5.41, 5.74) is 0.157. The van der Waals surface area contributed by atoms with E-state index in [0.29, 0.717) is 12.6 Å². The number of nitrogens with one attached hydrogen (secondary N) is 1. The summed E-state index contributed by atoms with van der Waals surface area (Å²) in [6.07, 6.45) is 2.67. The van der Waals surface area contributed by atoms with Crippen LogP contribution in [0.2, 0.25) is 0 Å². The molecule has 0 amide bonds. The highest BCUT2D eigenvalue weighted by Gasteiger charge is 2.29. The third-order valence-electron chi connectivity index (χ3n) is 4.12. The maximum absolute atomic E-state index is 10.5. The smallest absolute Gasteiger partial charge is 0.0992 e. The Hall–Kier alpha value is -0.900. The number of hydrogen-bond acceptors (Lipinski definition) is 3. The Morgan fingerprint density at radius 3 is 2.58 bits per heavy atom. The first-order chi connectivity index (χ1) is 9.00. The SMILES string of the molecule is CC(CNCC(C)(O)c1ccccc1)N(C)C1CC1. The Morgan fingerprint density at radius 1 is 1.37 bits per heavy atom. The minimum Gasteiger partial charge on any atom is -0.384 e. The van der Waals surface area contributed by atoms with Gasteiger partial charge < -0.3 is 10.4 Å². The second-order valence-corrected chi connectivity index (χ2v) is 6.02. The highest BCUT2D eigenvalue weighted by molar-refractivity contribution is 5.21. The zero-order valence-electron chi connectivity index (χ0n) is 12.3. The van der Waals surface area contributed by atoms with Crippen molar-refractivity contribution in [3.8, 4) is 0 Å². The van der Waals surface area contributed by atoms with Gasteiger partial charge >= 0.3 is 0 Å². The van der Waals surface area contributed by atoms with E-state index < -0.39 is 5.60 Å². The zero-order chi connectivity index (χ0) is 13.9. The molecule has 1 aromatic carbocycles. The van der Waals surface area contributed by atoms with Crippen LogP contribution in [0.4, 0.5) is 0 Å². The van der Waals surface area contributed by atoms with E-state index in [9.17, 15) is 5.11 Å². The summed E-state index contributed by atoms with van der Waals surface area (Å²) in [5.74, 6) is 0. The van der Waals surface area contributed by atoms with Crippen LogP contribution in [0, 0.1) is 0 Å². The summed E-state index contributed by atoms with van der Waals surface area (Å²) < 4.78 is 0. The average Bonchev–Trinajstić information content (AvgIpc) is 3.23. The Morgan fingerprint density at radius 2 is 2.00 bits per heavy atom. The second-order valence-electron chi connectivity index (χ2n) is 6.02. The number of nitrogens with zero attached hydrogens (tertiary/aromatic N) is 1. The molecule has 1 fully saturated rings. The highest BCUT2D eigenvalue weighted by Crippen LogP contribution is 2.26. The van der Waals surface area contributed by atoms with Crippen LogP contribution in [0.5, 0.6) is 0 Å². The predicted octanol–water partition coefficient (Wildman–Crippen LogP) is 1.97. The van der Waals surface area contributed by atoms with Gasteiger partial charge in [0.25, 0.3) is 0 Å². The van der Waals surface area contributed by atoms with Gasteiger partial charge in [0.2, 0.25) is 0 Å². The van der Waals surface area contributed by atoms with Gasteiger partial charge in [-0.15, -0.1) is 0 Å². The Kier molecular flexibility index (Phi) is 4.61. The number of aliphatic hydroxyl groups is 1. The van der Waals surface area contributed by atoms with Crippen molar-refractivity contribution in [2.75, 3.05) is 20.1 Å². The number of benzene rings is 1. The fourth-order valence-corrected chi connectivity index (χ4v) is 2.41. The van der Waals surface area contributed by atoms with Crippen LogP contribution in [0.25, 0.3) is 0 Å². The van der Waals surface area contributed by atoms with E-state index in [2.05, 4.69) is 24.2 Å². The third-order valence-corrected chi connectivity index (χ3v) is 4.12. The Labute approximate surface area is 116 Å². The van der Waals surface area contributed by atoms with E-state index in [-0.39, 0.29) is 0 Å². The first kappa shape index (κ1) is 14.5. The summed E-state index contributed by atoms with van der Waals surface area (Å²) in [7, 11) is 2.19. The first-order valence-electron chi connectivity index (χ1n) is 7.21. The molecule has 0 spiro atoms. The zero-order valence-corrected chi connectivity index (χ0v) is 12.3. The quantitative estimate of drug-likeness (QED) is 0.788. The Balaban J connectivity index is 1.78. The molecule has 106 valence electrons. The van der Waals surface area contributed by atoms with Crippen LogP contribution >= 0.6 is 0 Å². The lowest BCUT2D eigenvalue weighted by molar-refractivity contribution is 0.0551. The van der Waals surface area contributed by atoms with Gasteiger partial charge in [-0.3, -0.25) is 4.90 Å². The molecular weight excluding hydrogens is 236 g/mol. The first-order valence-corrected chi connectivity index (χ1v) is 7.21.